The minimum absolute atomic E-state index is 0.0209. The van der Waals surface area contributed by atoms with Gasteiger partial charge in [-0.2, -0.15) is 4.98 Å². The van der Waals surface area contributed by atoms with Crippen molar-refractivity contribution in [3.05, 3.63) is 63.3 Å². The average molecular weight is 295 g/mol. The van der Waals surface area contributed by atoms with Gasteiger partial charge in [0, 0.05) is 6.20 Å². The predicted molar refractivity (Wildman–Crippen MR) is 71.7 cm³/mol. The van der Waals surface area contributed by atoms with Gasteiger partial charge in [-0.3, -0.25) is 4.57 Å². The summed E-state index contributed by atoms with van der Waals surface area (Å²) < 4.78 is 6.60. The van der Waals surface area contributed by atoms with Gasteiger partial charge < -0.3 is 9.84 Å². The zero-order valence-electron chi connectivity index (χ0n) is 10.3. The van der Waals surface area contributed by atoms with Gasteiger partial charge in [-0.05, 0) is 17.7 Å². The van der Waals surface area contributed by atoms with E-state index in [1.807, 2.05) is 0 Å². The van der Waals surface area contributed by atoms with Crippen molar-refractivity contribution in [2.45, 2.75) is 13.3 Å². The topological polar surface area (TPSA) is 81.4 Å². The summed E-state index contributed by atoms with van der Waals surface area (Å²) in [5, 5.41) is 9.11. The molecule has 0 unspecified atom stereocenters. The van der Waals surface area contributed by atoms with E-state index in [9.17, 15) is 9.59 Å². The fraction of sp³-hybridized carbons (Fsp3) is 0.154. The van der Waals surface area contributed by atoms with Crippen LogP contribution in [-0.4, -0.2) is 20.6 Å². The van der Waals surface area contributed by atoms with Crippen molar-refractivity contribution in [3.63, 3.8) is 0 Å². The molecular weight excluding hydrogens is 284 g/mol. The maximum Gasteiger partial charge on any atom is 0.349 e. The third kappa shape index (κ3) is 3.66. The number of carboxylic acids is 1. The fourth-order valence-electron chi connectivity index (χ4n) is 1.53. The Labute approximate surface area is 119 Å². The summed E-state index contributed by atoms with van der Waals surface area (Å²) >= 11 is 5.73. The number of nitrogens with zero attached hydrogens (tertiary/aromatic N) is 2. The molecule has 0 fully saturated rings. The molecule has 1 aromatic heterocycles. The molecule has 20 heavy (non-hydrogen) atoms. The molecule has 104 valence electrons. The van der Waals surface area contributed by atoms with Crippen molar-refractivity contribution in [1.29, 1.82) is 0 Å². The van der Waals surface area contributed by atoms with Gasteiger partial charge in [-0.1, -0.05) is 23.7 Å². The summed E-state index contributed by atoms with van der Waals surface area (Å²) in [5.41, 5.74) is 0.567. The first-order chi connectivity index (χ1) is 9.56. The maximum atomic E-state index is 11.4. The number of ether oxygens (including phenoxy) is 1. The third-order valence-electron chi connectivity index (χ3n) is 2.52. The summed E-state index contributed by atoms with van der Waals surface area (Å²) in [5.74, 6) is -0.978. The minimum Gasteiger partial charge on any atom is -0.478 e. The zero-order chi connectivity index (χ0) is 14.5. The van der Waals surface area contributed by atoms with Gasteiger partial charge in [0.2, 0.25) is 0 Å². The molecule has 0 amide bonds. The Hall–Kier alpha value is -2.18. The molecule has 6 nitrogen and oxygen atoms in total. The van der Waals surface area contributed by atoms with E-state index in [0.29, 0.717) is 5.02 Å². The van der Waals surface area contributed by atoms with E-state index in [1.165, 1.54) is 29.1 Å². The number of hydrogen-bond donors (Lipinski definition) is 1. The van der Waals surface area contributed by atoms with Crippen LogP contribution in [0, 0.1) is 0 Å². The van der Waals surface area contributed by atoms with Gasteiger partial charge in [0.15, 0.2) is 0 Å². The van der Waals surface area contributed by atoms with Crippen molar-refractivity contribution in [3.8, 4) is 0 Å². The Morgan fingerprint density at radius 2 is 2.05 bits per heavy atom. The summed E-state index contributed by atoms with van der Waals surface area (Å²) in [6, 6.07) is 6.30. The van der Waals surface area contributed by atoms with Crippen LogP contribution in [0.25, 0.3) is 0 Å². The van der Waals surface area contributed by atoms with Crippen LogP contribution >= 0.6 is 11.6 Å². The van der Waals surface area contributed by atoms with Crippen LogP contribution in [0.1, 0.15) is 15.9 Å². The lowest BCUT2D eigenvalue weighted by atomic mass is 10.1. The second-order valence-electron chi connectivity index (χ2n) is 4.00. The molecule has 0 bridgehead atoms. The van der Waals surface area contributed by atoms with Gasteiger partial charge in [-0.25, -0.2) is 9.59 Å². The average Bonchev–Trinajstić information content (AvgIpc) is 2.43. The molecule has 0 aliphatic carbocycles. The molecule has 1 N–H and O–H groups in total. The number of aromatic carboxylic acids is 1. The number of hydrogen-bond acceptors (Lipinski definition) is 4. The van der Waals surface area contributed by atoms with Crippen LogP contribution in [0.2, 0.25) is 5.02 Å². The number of carbonyl (C=O) groups is 1. The van der Waals surface area contributed by atoms with Crippen molar-refractivity contribution in [1.82, 2.24) is 9.55 Å². The normalized spacial score (nSPS) is 10.4. The molecule has 0 saturated heterocycles. The number of rotatable bonds is 5. The van der Waals surface area contributed by atoms with Crippen molar-refractivity contribution in [2.75, 3.05) is 0 Å². The molecule has 0 atom stereocenters. The minimum atomic E-state index is -0.978. The Morgan fingerprint density at radius 3 is 2.70 bits per heavy atom. The number of aromatic nitrogens is 2. The molecule has 7 heteroatoms. The van der Waals surface area contributed by atoms with Crippen LogP contribution in [0.3, 0.4) is 0 Å². The smallest absolute Gasteiger partial charge is 0.349 e. The van der Waals surface area contributed by atoms with E-state index in [4.69, 9.17) is 21.4 Å². The van der Waals surface area contributed by atoms with Crippen LogP contribution < -0.4 is 5.69 Å². The van der Waals surface area contributed by atoms with Crippen LogP contribution in [-0.2, 0) is 18.1 Å². The molecule has 0 spiro atoms. The van der Waals surface area contributed by atoms with E-state index in [-0.39, 0.29) is 18.9 Å². The molecule has 0 radical (unpaired) electrons. The quantitative estimate of drug-likeness (QED) is 0.909. The third-order valence-corrected chi connectivity index (χ3v) is 2.72. The standard InChI is InChI=1S/C13H11ClN2O4/c14-11-5-15-13(19)16(6-11)8-20-7-9-1-3-10(4-2-9)12(17)18/h1-6H,7-8H2,(H,17,18). The van der Waals surface area contributed by atoms with Gasteiger partial charge in [0.05, 0.1) is 23.4 Å². The van der Waals surface area contributed by atoms with E-state index < -0.39 is 11.7 Å². The number of halogens is 1. The van der Waals surface area contributed by atoms with Gasteiger partial charge in [0.25, 0.3) is 0 Å². The first kappa shape index (κ1) is 14.2. The zero-order valence-corrected chi connectivity index (χ0v) is 11.1. The van der Waals surface area contributed by atoms with E-state index >= 15 is 0 Å². The van der Waals surface area contributed by atoms with Crippen LogP contribution in [0.4, 0.5) is 0 Å². The van der Waals surface area contributed by atoms with Crippen LogP contribution in [0.15, 0.2) is 41.5 Å². The Bertz CT molecular complexity index is 667. The van der Waals surface area contributed by atoms with E-state index in [2.05, 4.69) is 4.98 Å². The molecule has 0 aliphatic rings. The SMILES string of the molecule is O=C(O)c1ccc(COCn2cc(Cl)cnc2=O)cc1. The second-order valence-corrected chi connectivity index (χ2v) is 4.44. The summed E-state index contributed by atoms with van der Waals surface area (Å²) in [4.78, 5) is 25.6. The summed E-state index contributed by atoms with van der Waals surface area (Å²) in [7, 11) is 0. The molecule has 2 aromatic rings. The van der Waals surface area contributed by atoms with Crippen LogP contribution in [0.5, 0.6) is 0 Å². The highest BCUT2D eigenvalue weighted by molar-refractivity contribution is 6.30. The molecule has 1 aromatic carbocycles. The Kier molecular flexibility index (Phi) is 4.49. The lowest BCUT2D eigenvalue weighted by Gasteiger charge is -2.07. The van der Waals surface area contributed by atoms with Gasteiger partial charge >= 0.3 is 11.7 Å². The summed E-state index contributed by atoms with van der Waals surface area (Å²) in [6.45, 7) is 0.270. The highest BCUT2D eigenvalue weighted by Gasteiger charge is 2.02. The molecule has 0 saturated carbocycles. The fourth-order valence-corrected chi connectivity index (χ4v) is 1.69. The van der Waals surface area contributed by atoms with Gasteiger partial charge in [-0.15, -0.1) is 0 Å². The second kappa shape index (κ2) is 6.31. The first-order valence-corrected chi connectivity index (χ1v) is 6.06. The van der Waals surface area contributed by atoms with Crippen molar-refractivity contribution < 1.29 is 14.6 Å². The Morgan fingerprint density at radius 1 is 1.35 bits per heavy atom. The monoisotopic (exact) mass is 294 g/mol. The maximum absolute atomic E-state index is 11.4. The van der Waals surface area contributed by atoms with Gasteiger partial charge in [0.1, 0.15) is 6.73 Å². The highest BCUT2D eigenvalue weighted by Crippen LogP contribution is 2.07. The molecule has 0 aliphatic heterocycles. The molecule has 2 rings (SSSR count). The van der Waals surface area contributed by atoms with Crippen molar-refractivity contribution in [2.24, 2.45) is 0 Å². The molecule has 1 heterocycles. The lowest BCUT2D eigenvalue weighted by molar-refractivity contribution is 0.0607. The van der Waals surface area contributed by atoms with Crippen molar-refractivity contribution >= 4 is 17.6 Å². The number of benzene rings is 1. The molecular formula is C13H11ClN2O4. The lowest BCUT2D eigenvalue weighted by Crippen LogP contribution is -2.23. The summed E-state index contributed by atoms with van der Waals surface area (Å²) in [6.07, 6.45) is 2.70. The Balaban J connectivity index is 1.94. The highest BCUT2D eigenvalue weighted by atomic mass is 35.5. The van der Waals surface area contributed by atoms with E-state index in [1.54, 1.807) is 12.1 Å². The number of carboxylic acid groups (broad SMARTS) is 1. The first-order valence-electron chi connectivity index (χ1n) is 5.68. The largest absolute Gasteiger partial charge is 0.478 e. The van der Waals surface area contributed by atoms with E-state index in [0.717, 1.165) is 5.56 Å². The predicted octanol–water partition coefficient (Wildman–Crippen LogP) is 1.77.